The lowest BCUT2D eigenvalue weighted by Gasteiger charge is -2.36. The van der Waals surface area contributed by atoms with Gasteiger partial charge in [0, 0.05) is 19.1 Å². The lowest BCUT2D eigenvalue weighted by molar-refractivity contribution is 0.0577. The smallest absolute Gasteiger partial charge is 0.274 e. The van der Waals surface area contributed by atoms with Crippen molar-refractivity contribution in [2.45, 2.75) is 53.1 Å². The maximum absolute atomic E-state index is 12.7. The first-order valence-corrected chi connectivity index (χ1v) is 7.09. The molecule has 5 nitrogen and oxygen atoms in total. The molecule has 0 radical (unpaired) electrons. The molecule has 1 amide bonds. The third kappa shape index (κ3) is 2.46. The van der Waals surface area contributed by atoms with Crippen molar-refractivity contribution in [2.24, 2.45) is 5.92 Å². The van der Waals surface area contributed by atoms with Gasteiger partial charge in [0.1, 0.15) is 5.69 Å². The fraction of sp³-hybridized carbons (Fsp3) is 0.714. The summed E-state index contributed by atoms with van der Waals surface area (Å²) < 4.78 is 1.72. The lowest BCUT2D eigenvalue weighted by atomic mass is 9.93. The molecule has 2 heterocycles. The number of carbonyl (C=O) groups is 1. The number of rotatable bonds is 2. The second kappa shape index (κ2) is 5.23. The van der Waals surface area contributed by atoms with Crippen LogP contribution in [0, 0.1) is 12.8 Å². The van der Waals surface area contributed by atoms with Crippen molar-refractivity contribution in [3.05, 3.63) is 11.4 Å². The molecule has 1 saturated heterocycles. The molecule has 1 aliphatic heterocycles. The number of hydrogen-bond donors (Lipinski definition) is 1. The van der Waals surface area contributed by atoms with Crippen LogP contribution in [0.15, 0.2) is 0 Å². The van der Waals surface area contributed by atoms with Gasteiger partial charge in [-0.2, -0.15) is 5.10 Å². The molecule has 0 bridgehead atoms. The van der Waals surface area contributed by atoms with Crippen LogP contribution < -0.4 is 5.73 Å². The zero-order chi connectivity index (χ0) is 14.2. The molecule has 2 unspecified atom stereocenters. The average molecular weight is 264 g/mol. The Morgan fingerprint density at radius 3 is 2.74 bits per heavy atom. The van der Waals surface area contributed by atoms with Crippen LogP contribution in [0.25, 0.3) is 0 Å². The van der Waals surface area contributed by atoms with Gasteiger partial charge >= 0.3 is 0 Å². The third-order valence-corrected chi connectivity index (χ3v) is 4.08. The van der Waals surface area contributed by atoms with Crippen LogP contribution in [-0.2, 0) is 6.54 Å². The Balaban J connectivity index is 2.29. The van der Waals surface area contributed by atoms with Gasteiger partial charge in [0.25, 0.3) is 5.91 Å². The van der Waals surface area contributed by atoms with E-state index in [2.05, 4.69) is 18.9 Å². The molecule has 1 aromatic heterocycles. The quantitative estimate of drug-likeness (QED) is 0.889. The minimum Gasteiger partial charge on any atom is -0.395 e. The molecule has 0 aromatic carbocycles. The maximum atomic E-state index is 12.7. The van der Waals surface area contributed by atoms with Gasteiger partial charge in [-0.25, -0.2) is 0 Å². The number of aromatic nitrogens is 2. The third-order valence-electron chi connectivity index (χ3n) is 4.08. The first-order chi connectivity index (χ1) is 8.95. The first-order valence-electron chi connectivity index (χ1n) is 7.09. The highest BCUT2D eigenvalue weighted by Gasteiger charge is 2.31. The number of anilines is 1. The SMILES string of the molecule is CCn1nc(C)c(N)c1C(=O)N1CCC(C)CC1C. The standard InChI is InChI=1S/C14H24N4O/c1-5-18-13(12(15)11(4)16-18)14(19)17-7-6-9(2)8-10(17)3/h9-10H,5-8,15H2,1-4H3. The molecule has 1 aromatic rings. The topological polar surface area (TPSA) is 64.2 Å². The van der Waals surface area contributed by atoms with E-state index in [9.17, 15) is 4.79 Å². The molecule has 2 N–H and O–H groups in total. The second-order valence-electron chi connectivity index (χ2n) is 5.64. The number of amides is 1. The molecule has 19 heavy (non-hydrogen) atoms. The van der Waals surface area contributed by atoms with E-state index in [0.717, 1.165) is 25.1 Å². The summed E-state index contributed by atoms with van der Waals surface area (Å²) in [5.41, 5.74) is 7.85. The van der Waals surface area contributed by atoms with E-state index in [-0.39, 0.29) is 11.9 Å². The Morgan fingerprint density at radius 2 is 2.16 bits per heavy atom. The second-order valence-corrected chi connectivity index (χ2v) is 5.64. The largest absolute Gasteiger partial charge is 0.395 e. The van der Waals surface area contributed by atoms with Crippen LogP contribution in [0.4, 0.5) is 5.69 Å². The Morgan fingerprint density at radius 1 is 1.47 bits per heavy atom. The number of nitrogen functional groups attached to an aromatic ring is 1. The van der Waals surface area contributed by atoms with Gasteiger partial charge in [-0.05, 0) is 39.5 Å². The van der Waals surface area contributed by atoms with Crippen LogP contribution in [0.3, 0.4) is 0 Å². The van der Waals surface area contributed by atoms with E-state index in [1.807, 2.05) is 18.7 Å². The van der Waals surface area contributed by atoms with Crippen molar-refractivity contribution in [3.63, 3.8) is 0 Å². The van der Waals surface area contributed by atoms with Crippen LogP contribution in [0.5, 0.6) is 0 Å². The molecule has 1 fully saturated rings. The van der Waals surface area contributed by atoms with E-state index in [1.165, 1.54) is 0 Å². The van der Waals surface area contributed by atoms with Crippen molar-refractivity contribution in [2.75, 3.05) is 12.3 Å². The summed E-state index contributed by atoms with van der Waals surface area (Å²) in [6.45, 7) is 9.66. The normalized spacial score (nSPS) is 23.7. The molecule has 0 saturated carbocycles. The Bertz CT molecular complexity index is 480. The predicted molar refractivity (Wildman–Crippen MR) is 75.9 cm³/mol. The summed E-state index contributed by atoms with van der Waals surface area (Å²) in [6, 6.07) is 0.274. The minimum atomic E-state index is 0.0272. The van der Waals surface area contributed by atoms with Gasteiger partial charge < -0.3 is 10.6 Å². The van der Waals surface area contributed by atoms with Gasteiger partial charge in [0.2, 0.25) is 0 Å². The van der Waals surface area contributed by atoms with Crippen molar-refractivity contribution >= 4 is 11.6 Å². The molecular formula is C14H24N4O. The van der Waals surface area contributed by atoms with Gasteiger partial charge in [-0.1, -0.05) is 6.92 Å². The first kappa shape index (κ1) is 13.9. The summed E-state index contributed by atoms with van der Waals surface area (Å²) in [7, 11) is 0. The van der Waals surface area contributed by atoms with Crippen LogP contribution in [-0.4, -0.2) is 33.2 Å². The van der Waals surface area contributed by atoms with Gasteiger partial charge in [0.15, 0.2) is 0 Å². The number of nitrogens with two attached hydrogens (primary N) is 1. The van der Waals surface area contributed by atoms with Gasteiger partial charge in [0.05, 0.1) is 11.4 Å². The highest BCUT2D eigenvalue weighted by Crippen LogP contribution is 2.26. The van der Waals surface area contributed by atoms with E-state index < -0.39 is 0 Å². The molecule has 2 atom stereocenters. The zero-order valence-electron chi connectivity index (χ0n) is 12.3. The molecular weight excluding hydrogens is 240 g/mol. The average Bonchev–Trinajstić information content (AvgIpc) is 2.64. The Labute approximate surface area is 114 Å². The van der Waals surface area contributed by atoms with Crippen LogP contribution in [0.1, 0.15) is 49.8 Å². The van der Waals surface area contributed by atoms with Gasteiger partial charge in [-0.3, -0.25) is 9.48 Å². The summed E-state index contributed by atoms with van der Waals surface area (Å²) in [5.74, 6) is 0.716. The van der Waals surface area contributed by atoms with Crippen molar-refractivity contribution in [3.8, 4) is 0 Å². The monoisotopic (exact) mass is 264 g/mol. The number of nitrogens with zero attached hydrogens (tertiary/aromatic N) is 3. The van der Waals surface area contributed by atoms with E-state index >= 15 is 0 Å². The minimum absolute atomic E-state index is 0.0272. The molecule has 5 heteroatoms. The van der Waals surface area contributed by atoms with E-state index in [4.69, 9.17) is 5.73 Å². The number of aryl methyl sites for hydroxylation is 2. The number of carbonyl (C=O) groups excluding carboxylic acids is 1. The summed E-state index contributed by atoms with van der Waals surface area (Å²) in [6.07, 6.45) is 2.13. The van der Waals surface area contributed by atoms with Crippen molar-refractivity contribution in [1.29, 1.82) is 0 Å². The number of likely N-dealkylation sites (tertiary alicyclic amines) is 1. The van der Waals surface area contributed by atoms with Crippen molar-refractivity contribution in [1.82, 2.24) is 14.7 Å². The van der Waals surface area contributed by atoms with E-state index in [0.29, 0.717) is 23.8 Å². The molecule has 106 valence electrons. The highest BCUT2D eigenvalue weighted by molar-refractivity contribution is 5.98. The summed E-state index contributed by atoms with van der Waals surface area (Å²) in [5, 5.41) is 4.33. The molecule has 0 spiro atoms. The van der Waals surface area contributed by atoms with E-state index in [1.54, 1.807) is 4.68 Å². The molecule has 0 aliphatic carbocycles. The number of hydrogen-bond acceptors (Lipinski definition) is 3. The Kier molecular flexibility index (Phi) is 3.83. The van der Waals surface area contributed by atoms with Crippen LogP contribution in [0.2, 0.25) is 0 Å². The summed E-state index contributed by atoms with van der Waals surface area (Å²) in [4.78, 5) is 14.7. The zero-order valence-corrected chi connectivity index (χ0v) is 12.3. The van der Waals surface area contributed by atoms with Crippen LogP contribution >= 0.6 is 0 Å². The molecule has 1 aliphatic rings. The molecule has 2 rings (SSSR count). The predicted octanol–water partition coefficient (Wildman–Crippen LogP) is 2.05. The van der Waals surface area contributed by atoms with Crippen molar-refractivity contribution < 1.29 is 4.79 Å². The fourth-order valence-corrected chi connectivity index (χ4v) is 2.89. The Hall–Kier alpha value is -1.52. The highest BCUT2D eigenvalue weighted by atomic mass is 16.2. The fourth-order valence-electron chi connectivity index (χ4n) is 2.89. The lowest BCUT2D eigenvalue weighted by Crippen LogP contribution is -2.45. The van der Waals surface area contributed by atoms with Gasteiger partial charge in [-0.15, -0.1) is 0 Å². The maximum Gasteiger partial charge on any atom is 0.274 e. The number of piperidine rings is 1. The summed E-state index contributed by atoms with van der Waals surface area (Å²) >= 11 is 0.